The summed E-state index contributed by atoms with van der Waals surface area (Å²) in [5.74, 6) is -0.603. The van der Waals surface area contributed by atoms with Crippen LogP contribution < -0.4 is 0 Å². The molecule has 2 aromatic rings. The molecular weight excluding hydrogens is 466 g/mol. The maximum absolute atomic E-state index is 14.1. The number of nitrogens with zero attached hydrogens (tertiary/aromatic N) is 2. The van der Waals surface area contributed by atoms with Crippen molar-refractivity contribution < 1.29 is 40.7 Å². The van der Waals surface area contributed by atoms with Gasteiger partial charge in [0.15, 0.2) is 0 Å². The smallest absolute Gasteiger partial charge is 0.437 e. The molecule has 1 aromatic heterocycles. The number of carbonyl (C=O) groups is 1. The van der Waals surface area contributed by atoms with Gasteiger partial charge < -0.3 is 9.57 Å². The molecule has 0 amide bonds. The SMILES string of the molecule is CCOC(=O)c1ccc(C2=NOC(c3cc(Cl)cc(C(F)(F)F)n3)(C(F)(F)F)C2)cc1C. The Kier molecular flexibility index (Phi) is 6.16. The summed E-state index contributed by atoms with van der Waals surface area (Å²) in [7, 11) is 0. The summed E-state index contributed by atoms with van der Waals surface area (Å²) in [6.07, 6.45) is -11.1. The molecule has 1 atom stereocenters. The summed E-state index contributed by atoms with van der Waals surface area (Å²) < 4.78 is 86.4. The van der Waals surface area contributed by atoms with Gasteiger partial charge in [0.2, 0.25) is 0 Å². The minimum Gasteiger partial charge on any atom is -0.462 e. The molecule has 5 nitrogen and oxygen atoms in total. The number of ether oxygens (including phenoxy) is 1. The molecule has 32 heavy (non-hydrogen) atoms. The Hall–Kier alpha value is -2.82. The van der Waals surface area contributed by atoms with Crippen molar-refractivity contribution in [3.63, 3.8) is 0 Å². The molecule has 1 aliphatic heterocycles. The number of halogens is 7. The van der Waals surface area contributed by atoms with E-state index in [4.69, 9.17) is 21.2 Å². The second kappa shape index (κ2) is 8.27. The average Bonchev–Trinajstić information content (AvgIpc) is 3.14. The van der Waals surface area contributed by atoms with E-state index in [9.17, 15) is 31.1 Å². The summed E-state index contributed by atoms with van der Waals surface area (Å²) in [4.78, 5) is 19.8. The summed E-state index contributed by atoms with van der Waals surface area (Å²) in [5.41, 5.74) is -5.28. The topological polar surface area (TPSA) is 60.8 Å². The molecule has 1 unspecified atom stereocenters. The molecule has 3 rings (SSSR count). The van der Waals surface area contributed by atoms with E-state index in [0.717, 1.165) is 0 Å². The molecule has 0 bridgehead atoms. The van der Waals surface area contributed by atoms with Gasteiger partial charge in [-0.3, -0.25) is 0 Å². The zero-order chi connectivity index (χ0) is 23.9. The average molecular weight is 481 g/mol. The Morgan fingerprint density at radius 2 is 1.88 bits per heavy atom. The van der Waals surface area contributed by atoms with E-state index in [1.54, 1.807) is 13.8 Å². The lowest BCUT2D eigenvalue weighted by Crippen LogP contribution is -2.43. The van der Waals surface area contributed by atoms with Crippen molar-refractivity contribution >= 4 is 23.3 Å². The molecule has 0 N–H and O–H groups in total. The van der Waals surface area contributed by atoms with Crippen LogP contribution in [0.25, 0.3) is 0 Å². The number of oxime groups is 1. The van der Waals surface area contributed by atoms with Crippen LogP contribution in [0.5, 0.6) is 0 Å². The van der Waals surface area contributed by atoms with E-state index in [2.05, 4.69) is 10.1 Å². The molecular formula is C20H15ClF6N2O3. The lowest BCUT2D eigenvalue weighted by molar-refractivity contribution is -0.277. The van der Waals surface area contributed by atoms with Crippen LogP contribution in [0, 0.1) is 6.92 Å². The van der Waals surface area contributed by atoms with Crippen molar-refractivity contribution in [2.45, 2.75) is 38.2 Å². The van der Waals surface area contributed by atoms with E-state index in [-0.39, 0.29) is 23.4 Å². The number of hydrogen-bond donors (Lipinski definition) is 0. The van der Waals surface area contributed by atoms with Gasteiger partial charge in [0.1, 0.15) is 5.69 Å². The van der Waals surface area contributed by atoms with Crippen LogP contribution in [0.2, 0.25) is 5.02 Å². The van der Waals surface area contributed by atoms with Gasteiger partial charge in [0.25, 0.3) is 5.60 Å². The van der Waals surface area contributed by atoms with Gasteiger partial charge in [-0.25, -0.2) is 9.78 Å². The van der Waals surface area contributed by atoms with E-state index < -0.39 is 46.8 Å². The maximum atomic E-state index is 14.1. The third-order valence-corrected chi connectivity index (χ3v) is 4.95. The molecule has 1 aliphatic rings. The molecule has 0 saturated heterocycles. The molecule has 0 saturated carbocycles. The first-order valence-corrected chi connectivity index (χ1v) is 9.51. The van der Waals surface area contributed by atoms with Crippen LogP contribution in [-0.4, -0.2) is 29.4 Å². The first-order chi connectivity index (χ1) is 14.8. The fraction of sp³-hybridized carbons (Fsp3) is 0.350. The molecule has 0 aliphatic carbocycles. The van der Waals surface area contributed by atoms with Crippen LogP contribution in [-0.2, 0) is 21.4 Å². The fourth-order valence-electron chi connectivity index (χ4n) is 3.15. The van der Waals surface area contributed by atoms with E-state index in [0.29, 0.717) is 17.7 Å². The van der Waals surface area contributed by atoms with Crippen LogP contribution in [0.1, 0.15) is 46.2 Å². The first-order valence-electron chi connectivity index (χ1n) is 9.13. The van der Waals surface area contributed by atoms with Crippen molar-refractivity contribution in [1.29, 1.82) is 0 Å². The molecule has 0 fully saturated rings. The number of hydrogen-bond acceptors (Lipinski definition) is 5. The Bertz CT molecular complexity index is 1080. The zero-order valence-electron chi connectivity index (χ0n) is 16.6. The number of pyridine rings is 1. The summed E-state index contributed by atoms with van der Waals surface area (Å²) in [6.45, 7) is 3.31. The lowest BCUT2D eigenvalue weighted by atomic mass is 9.89. The van der Waals surface area contributed by atoms with Gasteiger partial charge in [0, 0.05) is 5.02 Å². The number of carbonyl (C=O) groups excluding carboxylic acids is 1. The van der Waals surface area contributed by atoms with Gasteiger partial charge in [0.05, 0.1) is 30.0 Å². The highest BCUT2D eigenvalue weighted by atomic mass is 35.5. The zero-order valence-corrected chi connectivity index (χ0v) is 17.3. The van der Waals surface area contributed by atoms with Crippen molar-refractivity contribution in [1.82, 2.24) is 4.98 Å². The molecule has 2 heterocycles. The van der Waals surface area contributed by atoms with E-state index >= 15 is 0 Å². The Labute approximate surface area is 183 Å². The number of benzene rings is 1. The standard InChI is InChI=1S/C20H15ClF6N2O3/c1-3-31-17(30)13-5-4-11(6-10(13)2)14-9-18(32-29-14,20(25,26)27)15-7-12(21)8-16(28-15)19(22,23)24/h4-8H,3,9H2,1-2H3. The van der Waals surface area contributed by atoms with Crippen molar-refractivity contribution in [3.8, 4) is 0 Å². The number of aryl methyl sites for hydroxylation is 1. The fourth-order valence-corrected chi connectivity index (χ4v) is 3.36. The summed E-state index contributed by atoms with van der Waals surface area (Å²) >= 11 is 5.65. The third kappa shape index (κ3) is 4.38. The monoisotopic (exact) mass is 480 g/mol. The van der Waals surface area contributed by atoms with Crippen LogP contribution >= 0.6 is 11.6 Å². The highest BCUT2D eigenvalue weighted by molar-refractivity contribution is 6.30. The third-order valence-electron chi connectivity index (χ3n) is 4.74. The molecule has 0 spiro atoms. The number of alkyl halides is 6. The highest BCUT2D eigenvalue weighted by Crippen LogP contribution is 2.49. The van der Waals surface area contributed by atoms with Crippen molar-refractivity contribution in [2.75, 3.05) is 6.61 Å². The van der Waals surface area contributed by atoms with Gasteiger partial charge in [-0.2, -0.15) is 26.3 Å². The minimum absolute atomic E-state index is 0.140. The second-order valence-electron chi connectivity index (χ2n) is 6.93. The number of esters is 1. The van der Waals surface area contributed by atoms with E-state index in [1.165, 1.54) is 18.2 Å². The normalized spacial score (nSPS) is 18.8. The summed E-state index contributed by atoms with van der Waals surface area (Å²) in [5, 5.41) is 2.91. The van der Waals surface area contributed by atoms with Crippen molar-refractivity contribution in [3.05, 3.63) is 63.4 Å². The summed E-state index contributed by atoms with van der Waals surface area (Å²) in [6, 6.07) is 5.20. The predicted octanol–water partition coefficient (Wildman–Crippen LogP) is 5.82. The van der Waals surface area contributed by atoms with Gasteiger partial charge in [-0.1, -0.05) is 22.8 Å². The van der Waals surface area contributed by atoms with Crippen molar-refractivity contribution in [2.24, 2.45) is 5.16 Å². The number of aromatic nitrogens is 1. The van der Waals surface area contributed by atoms with Crippen LogP contribution in [0.4, 0.5) is 26.3 Å². The number of rotatable bonds is 4. The Balaban J connectivity index is 2.01. The Morgan fingerprint density at radius 1 is 1.19 bits per heavy atom. The Morgan fingerprint density at radius 3 is 2.44 bits per heavy atom. The highest BCUT2D eigenvalue weighted by Gasteiger charge is 2.63. The first kappa shape index (κ1) is 23.8. The second-order valence-corrected chi connectivity index (χ2v) is 7.37. The van der Waals surface area contributed by atoms with E-state index in [1.807, 2.05) is 0 Å². The molecule has 12 heteroatoms. The lowest BCUT2D eigenvalue weighted by Gasteiger charge is -2.29. The van der Waals surface area contributed by atoms with Crippen LogP contribution in [0.15, 0.2) is 35.5 Å². The predicted molar refractivity (Wildman–Crippen MR) is 101 cm³/mol. The largest absolute Gasteiger partial charge is 0.462 e. The maximum Gasteiger partial charge on any atom is 0.437 e. The van der Waals surface area contributed by atoms with Gasteiger partial charge in [-0.15, -0.1) is 0 Å². The molecule has 172 valence electrons. The molecule has 0 radical (unpaired) electrons. The quantitative estimate of drug-likeness (QED) is 0.408. The van der Waals surface area contributed by atoms with Gasteiger partial charge >= 0.3 is 18.3 Å². The minimum atomic E-state index is -5.17. The van der Waals surface area contributed by atoms with Crippen LogP contribution in [0.3, 0.4) is 0 Å². The van der Waals surface area contributed by atoms with Gasteiger partial charge in [-0.05, 0) is 49.2 Å². The molecule has 1 aromatic carbocycles.